The third kappa shape index (κ3) is 2.14. The minimum absolute atomic E-state index is 0.206. The van der Waals surface area contributed by atoms with Gasteiger partial charge in [0.2, 0.25) is 5.52 Å². The molecule has 0 aromatic heterocycles. The summed E-state index contributed by atoms with van der Waals surface area (Å²) in [6.45, 7) is -1.19. The molecule has 0 aliphatic heterocycles. The lowest BCUT2D eigenvalue weighted by atomic mass is 10.9. The van der Waals surface area contributed by atoms with Crippen molar-refractivity contribution in [3.05, 3.63) is 0 Å². The number of rotatable bonds is 3. The van der Waals surface area contributed by atoms with Crippen LogP contribution in [0.4, 0.5) is 0 Å². The lowest BCUT2D eigenvalue weighted by molar-refractivity contribution is -0.111. The molecule has 0 atom stereocenters. The molecule has 0 aliphatic rings. The van der Waals surface area contributed by atoms with Crippen LogP contribution in [-0.2, 0) is 25.6 Å². The van der Waals surface area contributed by atoms with Crippen LogP contribution in [0.2, 0.25) is 0 Å². The van der Waals surface area contributed by atoms with E-state index in [1.54, 1.807) is 0 Å². The molecule has 5 heteroatoms. The number of carbonyl (C=O) groups excluding carboxylic acids is 1. The Labute approximate surface area is 59.5 Å². The van der Waals surface area contributed by atoms with Gasteiger partial charge in [0, 0.05) is 21.1 Å². The van der Waals surface area contributed by atoms with Crippen LogP contribution in [0.15, 0.2) is 0 Å². The van der Waals surface area contributed by atoms with Crippen molar-refractivity contribution in [2.24, 2.45) is 0 Å². The van der Waals surface area contributed by atoms with Crippen LogP contribution in [0.5, 0.6) is 0 Å². The Hall–Kier alpha value is 0.240. The Morgan fingerprint density at radius 1 is 1.44 bits per heavy atom. The van der Waals surface area contributed by atoms with Gasteiger partial charge in [0.15, 0.2) is 0 Å². The number of carbonyl (C=O) groups is 1. The fraction of sp³-hybridized carbons (Fsp3) is 0.750. The van der Waals surface area contributed by atoms with Crippen LogP contribution in [-0.4, -0.2) is 19.7 Å². The lowest BCUT2D eigenvalue weighted by Crippen LogP contribution is -1.96. The van der Waals surface area contributed by atoms with E-state index in [9.17, 15) is 4.79 Å². The third-order valence-corrected chi connectivity index (χ3v) is 4.26. The van der Waals surface area contributed by atoms with Gasteiger partial charge in [-0.15, -0.1) is 0 Å². The lowest BCUT2D eigenvalue weighted by Gasteiger charge is -2.12. The molecule has 0 rings (SSSR count). The molecule has 3 nitrogen and oxygen atoms in total. The van der Waals surface area contributed by atoms with Gasteiger partial charge in [-0.3, -0.25) is 4.79 Å². The van der Waals surface area contributed by atoms with Gasteiger partial charge in [-0.05, 0) is 11.8 Å². The molecule has 0 heterocycles. The first kappa shape index (κ1) is 9.24. The maximum atomic E-state index is 10.6. The highest BCUT2D eigenvalue weighted by Crippen LogP contribution is 2.47. The fourth-order valence-electron chi connectivity index (χ4n) is 0.332. The topological polar surface area (TPSA) is 35.5 Å². The zero-order chi connectivity index (χ0) is 7.49. The molecular weight excluding hydrogens is 159 g/mol. The first-order chi connectivity index (χ1) is 4.06. The van der Waals surface area contributed by atoms with Gasteiger partial charge < -0.3 is 9.05 Å². The van der Waals surface area contributed by atoms with E-state index in [4.69, 9.17) is 20.9 Å². The SMILES string of the molecule is COP(=S)(OC)C(C)=O. The summed E-state index contributed by atoms with van der Waals surface area (Å²) in [5.41, 5.74) is -0.206. The first-order valence-electron chi connectivity index (χ1n) is 2.29. The molecule has 54 valence electrons. The van der Waals surface area contributed by atoms with Gasteiger partial charge in [-0.2, -0.15) is 0 Å². The summed E-state index contributed by atoms with van der Waals surface area (Å²) in [5.74, 6) is 0. The number of hydrogen-bond donors (Lipinski definition) is 0. The maximum absolute atomic E-state index is 10.6. The van der Waals surface area contributed by atoms with Crippen molar-refractivity contribution in [3.8, 4) is 0 Å². The van der Waals surface area contributed by atoms with E-state index in [1.165, 1.54) is 21.1 Å². The Morgan fingerprint density at radius 3 is 1.78 bits per heavy atom. The fourth-order valence-corrected chi connectivity index (χ4v) is 0.995. The maximum Gasteiger partial charge on any atom is 0.254 e. The molecule has 0 saturated carbocycles. The summed E-state index contributed by atoms with van der Waals surface area (Å²) in [7, 11) is 2.76. The molecule has 0 unspecified atom stereocenters. The monoisotopic (exact) mass is 168 g/mol. The van der Waals surface area contributed by atoms with Crippen molar-refractivity contribution in [1.82, 2.24) is 0 Å². The summed E-state index contributed by atoms with van der Waals surface area (Å²) < 4.78 is 9.41. The molecule has 0 aromatic carbocycles. The normalized spacial score (nSPS) is 11.4. The predicted molar refractivity (Wildman–Crippen MR) is 39.0 cm³/mol. The standard InChI is InChI=1S/C4H9O3PS/c1-4(5)8(9,6-2)7-3/h1-3H3. The summed E-state index contributed by atoms with van der Waals surface area (Å²) in [5, 5.41) is 0. The van der Waals surface area contributed by atoms with E-state index in [0.29, 0.717) is 0 Å². The van der Waals surface area contributed by atoms with E-state index in [2.05, 4.69) is 0 Å². The van der Waals surface area contributed by atoms with Crippen molar-refractivity contribution in [1.29, 1.82) is 0 Å². The molecule has 0 aromatic rings. The van der Waals surface area contributed by atoms with E-state index >= 15 is 0 Å². The van der Waals surface area contributed by atoms with Crippen molar-refractivity contribution in [2.75, 3.05) is 14.2 Å². The Kier molecular flexibility index (Phi) is 3.51. The van der Waals surface area contributed by atoms with Crippen LogP contribution in [0, 0.1) is 0 Å². The van der Waals surface area contributed by atoms with E-state index in [1.807, 2.05) is 0 Å². The molecule has 0 aliphatic carbocycles. The van der Waals surface area contributed by atoms with E-state index in [-0.39, 0.29) is 5.52 Å². The van der Waals surface area contributed by atoms with Crippen LogP contribution < -0.4 is 0 Å². The summed E-state index contributed by atoms with van der Waals surface area (Å²) >= 11 is 4.75. The molecule has 0 amide bonds. The summed E-state index contributed by atoms with van der Waals surface area (Å²) in [6, 6.07) is 0. The minimum atomic E-state index is -2.56. The van der Waals surface area contributed by atoms with Crippen molar-refractivity contribution < 1.29 is 13.8 Å². The molecule has 0 saturated heterocycles. The minimum Gasteiger partial charge on any atom is -0.327 e. The molecule has 0 fully saturated rings. The second kappa shape index (κ2) is 3.42. The molecule has 0 N–H and O–H groups in total. The Morgan fingerprint density at radius 2 is 1.78 bits per heavy atom. The van der Waals surface area contributed by atoms with Gasteiger partial charge >= 0.3 is 0 Å². The van der Waals surface area contributed by atoms with Crippen molar-refractivity contribution in [3.63, 3.8) is 0 Å². The molecule has 0 bridgehead atoms. The Bertz CT molecular complexity index is 148. The van der Waals surface area contributed by atoms with Gasteiger partial charge in [0.25, 0.3) is 6.49 Å². The summed E-state index contributed by atoms with van der Waals surface area (Å²) in [6.07, 6.45) is 0. The Balaban J connectivity index is 4.30. The predicted octanol–water partition coefficient (Wildman–Crippen LogP) is 1.14. The second-order valence-corrected chi connectivity index (χ2v) is 5.18. The highest BCUT2D eigenvalue weighted by atomic mass is 32.5. The smallest absolute Gasteiger partial charge is 0.254 e. The average molecular weight is 168 g/mol. The quantitative estimate of drug-likeness (QED) is 0.592. The van der Waals surface area contributed by atoms with Crippen LogP contribution in [0.3, 0.4) is 0 Å². The van der Waals surface area contributed by atoms with E-state index < -0.39 is 6.49 Å². The zero-order valence-electron chi connectivity index (χ0n) is 5.58. The highest BCUT2D eigenvalue weighted by molar-refractivity contribution is 8.17. The molecular formula is C4H9O3PS. The van der Waals surface area contributed by atoms with Gasteiger partial charge in [0.05, 0.1) is 0 Å². The molecule has 9 heavy (non-hydrogen) atoms. The highest BCUT2D eigenvalue weighted by Gasteiger charge is 2.20. The molecule has 0 spiro atoms. The average Bonchev–Trinajstić information content (AvgIpc) is 1.86. The second-order valence-electron chi connectivity index (χ2n) is 1.38. The van der Waals surface area contributed by atoms with Gasteiger partial charge in [-0.1, -0.05) is 0 Å². The molecule has 0 radical (unpaired) electrons. The van der Waals surface area contributed by atoms with Crippen molar-refractivity contribution >= 4 is 23.8 Å². The van der Waals surface area contributed by atoms with Gasteiger partial charge in [0.1, 0.15) is 0 Å². The van der Waals surface area contributed by atoms with Crippen molar-refractivity contribution in [2.45, 2.75) is 6.92 Å². The van der Waals surface area contributed by atoms with Crippen LogP contribution >= 0.6 is 6.49 Å². The van der Waals surface area contributed by atoms with Crippen LogP contribution in [0.25, 0.3) is 0 Å². The number of hydrogen-bond acceptors (Lipinski definition) is 4. The largest absolute Gasteiger partial charge is 0.327 e. The first-order valence-corrected chi connectivity index (χ1v) is 4.93. The van der Waals surface area contributed by atoms with Crippen LogP contribution in [0.1, 0.15) is 6.92 Å². The summed E-state index contributed by atoms with van der Waals surface area (Å²) in [4.78, 5) is 10.6. The zero-order valence-corrected chi connectivity index (χ0v) is 7.29. The van der Waals surface area contributed by atoms with E-state index in [0.717, 1.165) is 0 Å². The third-order valence-electron chi connectivity index (χ3n) is 0.866. The van der Waals surface area contributed by atoms with Gasteiger partial charge in [-0.25, -0.2) is 0 Å².